The Labute approximate surface area is 106 Å². The van der Waals surface area contributed by atoms with Gasteiger partial charge in [0.05, 0.1) is 14.2 Å². The molecule has 1 atom stereocenters. The van der Waals surface area contributed by atoms with Crippen molar-refractivity contribution in [3.63, 3.8) is 0 Å². The van der Waals surface area contributed by atoms with Crippen molar-refractivity contribution in [1.82, 2.24) is 5.32 Å². The molecule has 0 saturated heterocycles. The number of methoxy groups -OCH3 is 2. The minimum absolute atomic E-state index is 0.0458. The Hall–Kier alpha value is -1.91. The maximum atomic E-state index is 8.41. The average Bonchev–Trinajstić information content (AvgIpc) is 2.43. The van der Waals surface area contributed by atoms with Gasteiger partial charge in [0.2, 0.25) is 0 Å². The highest BCUT2D eigenvalue weighted by molar-refractivity contribution is 5.49. The van der Waals surface area contributed by atoms with Crippen LogP contribution < -0.4 is 14.8 Å². The molecular weight excluding hydrogens is 232 g/mol. The number of hydrogen-bond donors (Lipinski definition) is 1. The number of rotatable bonds is 4. The molecule has 1 aliphatic rings. The minimum atomic E-state index is 0.0458. The first-order valence-corrected chi connectivity index (χ1v) is 5.79. The Morgan fingerprint density at radius 2 is 2.11 bits per heavy atom. The van der Waals surface area contributed by atoms with Crippen molar-refractivity contribution in [2.45, 2.75) is 12.5 Å². The van der Waals surface area contributed by atoms with Crippen LogP contribution in [0, 0.1) is 0 Å². The lowest BCUT2D eigenvalue weighted by Gasteiger charge is -2.27. The summed E-state index contributed by atoms with van der Waals surface area (Å²) in [6.45, 7) is 1.27. The van der Waals surface area contributed by atoms with Crippen molar-refractivity contribution in [3.8, 4) is 11.5 Å². The van der Waals surface area contributed by atoms with Gasteiger partial charge in [-0.2, -0.15) is 0 Å². The molecule has 6 nitrogen and oxygen atoms in total. The summed E-state index contributed by atoms with van der Waals surface area (Å²) in [6.07, 6.45) is 0.933. The van der Waals surface area contributed by atoms with Gasteiger partial charge >= 0.3 is 0 Å². The highest BCUT2D eigenvalue weighted by Crippen LogP contribution is 2.35. The van der Waals surface area contributed by atoms with Crippen LogP contribution in [0.4, 0.5) is 0 Å². The summed E-state index contributed by atoms with van der Waals surface area (Å²) in [4.78, 5) is 2.81. The molecule has 1 unspecified atom stereocenters. The first-order chi connectivity index (χ1) is 8.80. The Balaban J connectivity index is 2.39. The monoisotopic (exact) mass is 248 g/mol. The van der Waals surface area contributed by atoms with Crippen LogP contribution in [0.5, 0.6) is 11.5 Å². The fourth-order valence-corrected chi connectivity index (χ4v) is 2.25. The molecule has 0 spiro atoms. The van der Waals surface area contributed by atoms with E-state index >= 15 is 0 Å². The van der Waals surface area contributed by atoms with Gasteiger partial charge in [-0.25, -0.2) is 0 Å². The van der Waals surface area contributed by atoms with E-state index in [1.165, 1.54) is 5.56 Å². The molecule has 0 radical (unpaired) electrons. The third-order valence-corrected chi connectivity index (χ3v) is 3.13. The van der Waals surface area contributed by atoms with Crippen LogP contribution in [-0.2, 0) is 6.42 Å². The third-order valence-electron chi connectivity index (χ3n) is 3.13. The summed E-state index contributed by atoms with van der Waals surface area (Å²) < 4.78 is 10.6. The van der Waals surface area contributed by atoms with Gasteiger partial charge in [0.1, 0.15) is 0 Å². The van der Waals surface area contributed by atoms with E-state index in [1.54, 1.807) is 14.2 Å². The number of benzene rings is 1. The first-order valence-electron chi connectivity index (χ1n) is 5.79. The van der Waals surface area contributed by atoms with Gasteiger partial charge in [0.25, 0.3) is 0 Å². The van der Waals surface area contributed by atoms with Crippen LogP contribution in [-0.4, -0.2) is 27.3 Å². The molecule has 0 amide bonds. The largest absolute Gasteiger partial charge is 0.493 e. The molecule has 6 heteroatoms. The summed E-state index contributed by atoms with van der Waals surface area (Å²) >= 11 is 0. The molecule has 0 aromatic heterocycles. The Morgan fingerprint density at radius 1 is 1.39 bits per heavy atom. The molecule has 1 aromatic carbocycles. The van der Waals surface area contributed by atoms with Crippen LogP contribution >= 0.6 is 0 Å². The molecule has 0 saturated carbocycles. The van der Waals surface area contributed by atoms with Crippen LogP contribution in [0.3, 0.4) is 0 Å². The number of nitrogens with zero attached hydrogens (tertiary/aromatic N) is 3. The topological polar surface area (TPSA) is 79.2 Å². The molecule has 1 aliphatic heterocycles. The van der Waals surface area contributed by atoms with Crippen molar-refractivity contribution in [3.05, 3.63) is 33.7 Å². The van der Waals surface area contributed by atoms with Gasteiger partial charge in [-0.15, -0.1) is 0 Å². The maximum absolute atomic E-state index is 8.41. The molecule has 2 rings (SSSR count). The standard InChI is InChI=1S/C12H16N4O2/c1-17-11-5-8-3-4-14-10(7-15-16-13)9(8)6-12(11)18-2/h5-6,10,14H,3-4,7H2,1-2H3. The quantitative estimate of drug-likeness (QED) is 0.504. The van der Waals surface area contributed by atoms with Gasteiger partial charge in [-0.1, -0.05) is 5.11 Å². The van der Waals surface area contributed by atoms with Crippen molar-refractivity contribution >= 4 is 0 Å². The van der Waals surface area contributed by atoms with E-state index in [2.05, 4.69) is 15.3 Å². The zero-order valence-electron chi connectivity index (χ0n) is 10.5. The molecule has 1 heterocycles. The van der Waals surface area contributed by atoms with Crippen LogP contribution in [0.2, 0.25) is 0 Å². The molecule has 0 aliphatic carbocycles. The third kappa shape index (κ3) is 2.34. The lowest BCUT2D eigenvalue weighted by Crippen LogP contribution is -2.31. The average molecular weight is 248 g/mol. The van der Waals surface area contributed by atoms with E-state index in [1.807, 2.05) is 12.1 Å². The SMILES string of the molecule is COc1cc2c(cc1OC)C(CN=[N+]=[N-])NCC2. The second-order valence-electron chi connectivity index (χ2n) is 4.08. The van der Waals surface area contributed by atoms with Crippen molar-refractivity contribution in [2.75, 3.05) is 27.3 Å². The van der Waals surface area contributed by atoms with E-state index in [9.17, 15) is 0 Å². The van der Waals surface area contributed by atoms with Gasteiger partial charge in [0.15, 0.2) is 11.5 Å². The molecular formula is C12H16N4O2. The fourth-order valence-electron chi connectivity index (χ4n) is 2.25. The smallest absolute Gasteiger partial charge is 0.161 e. The molecule has 1 N–H and O–H groups in total. The molecule has 96 valence electrons. The van der Waals surface area contributed by atoms with Crippen molar-refractivity contribution in [2.24, 2.45) is 5.11 Å². The van der Waals surface area contributed by atoms with E-state index in [-0.39, 0.29) is 6.04 Å². The zero-order chi connectivity index (χ0) is 13.0. The van der Waals surface area contributed by atoms with Crippen molar-refractivity contribution in [1.29, 1.82) is 0 Å². The summed E-state index contributed by atoms with van der Waals surface area (Å²) in [6, 6.07) is 4.00. The second kappa shape index (κ2) is 5.62. The lowest BCUT2D eigenvalue weighted by atomic mass is 9.93. The number of ether oxygens (including phenoxy) is 2. The Kier molecular flexibility index (Phi) is 3.92. The predicted octanol–water partition coefficient (Wildman–Crippen LogP) is 2.20. The molecule has 0 bridgehead atoms. The molecule has 1 aromatic rings. The highest BCUT2D eigenvalue weighted by Gasteiger charge is 2.21. The number of fused-ring (bicyclic) bond motifs is 1. The minimum Gasteiger partial charge on any atom is -0.493 e. The normalized spacial score (nSPS) is 17.6. The first kappa shape index (κ1) is 12.5. The van der Waals surface area contributed by atoms with E-state index in [0.29, 0.717) is 12.3 Å². The molecule has 0 fully saturated rings. The zero-order valence-corrected chi connectivity index (χ0v) is 10.5. The van der Waals surface area contributed by atoms with E-state index in [4.69, 9.17) is 15.0 Å². The van der Waals surface area contributed by atoms with Gasteiger partial charge in [-0.3, -0.25) is 0 Å². The summed E-state index contributed by atoms with van der Waals surface area (Å²) in [5, 5.41) is 6.98. The fraction of sp³-hybridized carbons (Fsp3) is 0.500. The summed E-state index contributed by atoms with van der Waals surface area (Å²) in [5.74, 6) is 1.44. The van der Waals surface area contributed by atoms with E-state index < -0.39 is 0 Å². The lowest BCUT2D eigenvalue weighted by molar-refractivity contribution is 0.352. The number of hydrogen-bond acceptors (Lipinski definition) is 4. The van der Waals surface area contributed by atoms with Gasteiger partial charge in [-0.05, 0) is 41.8 Å². The Morgan fingerprint density at radius 3 is 2.78 bits per heavy atom. The number of azide groups is 1. The maximum Gasteiger partial charge on any atom is 0.161 e. The molecule has 18 heavy (non-hydrogen) atoms. The van der Waals surface area contributed by atoms with E-state index in [0.717, 1.165) is 24.3 Å². The summed E-state index contributed by atoms with van der Waals surface area (Å²) in [7, 11) is 3.24. The van der Waals surface area contributed by atoms with Gasteiger partial charge < -0.3 is 14.8 Å². The van der Waals surface area contributed by atoms with Crippen molar-refractivity contribution < 1.29 is 9.47 Å². The van der Waals surface area contributed by atoms with Crippen LogP contribution in [0.25, 0.3) is 10.4 Å². The predicted molar refractivity (Wildman–Crippen MR) is 68.0 cm³/mol. The van der Waals surface area contributed by atoms with Crippen LogP contribution in [0.1, 0.15) is 17.2 Å². The Bertz CT molecular complexity index is 483. The second-order valence-corrected chi connectivity index (χ2v) is 4.08. The van der Waals surface area contributed by atoms with Crippen LogP contribution in [0.15, 0.2) is 17.2 Å². The number of nitrogens with one attached hydrogen (secondary N) is 1. The van der Waals surface area contributed by atoms with Gasteiger partial charge in [0, 0.05) is 17.5 Å². The highest BCUT2D eigenvalue weighted by atomic mass is 16.5. The summed E-state index contributed by atoms with van der Waals surface area (Å²) in [5.41, 5.74) is 10.7.